The van der Waals surface area contributed by atoms with Gasteiger partial charge >= 0.3 is 5.97 Å². The lowest BCUT2D eigenvalue weighted by molar-refractivity contribution is 0.0697. The molecule has 0 unspecified atom stereocenters. The van der Waals surface area contributed by atoms with Crippen molar-refractivity contribution >= 4 is 17.6 Å². The Morgan fingerprint density at radius 3 is 2.53 bits per heavy atom. The minimum absolute atomic E-state index is 0.114. The van der Waals surface area contributed by atoms with Crippen LogP contribution < -0.4 is 4.74 Å². The lowest BCUT2D eigenvalue weighted by Gasteiger charge is -2.08. The van der Waals surface area contributed by atoms with Gasteiger partial charge in [-0.05, 0) is 42.5 Å². The van der Waals surface area contributed by atoms with Gasteiger partial charge in [-0.1, -0.05) is 11.6 Å². The number of carboxylic acid groups (broad SMARTS) is 1. The third kappa shape index (κ3) is 3.45. The maximum absolute atomic E-state index is 13.0. The molecule has 0 saturated carbocycles. The number of rotatable bonds is 4. The molecule has 0 aliphatic heterocycles. The first-order chi connectivity index (χ1) is 9.06. The van der Waals surface area contributed by atoms with Crippen molar-refractivity contribution in [2.45, 2.75) is 6.61 Å². The number of carbonyl (C=O) groups is 1. The number of aromatic carboxylic acids is 1. The first-order valence-electron chi connectivity index (χ1n) is 5.46. The Kier molecular flexibility index (Phi) is 4.02. The summed E-state index contributed by atoms with van der Waals surface area (Å²) in [7, 11) is 0. The van der Waals surface area contributed by atoms with Crippen LogP contribution in [-0.4, -0.2) is 11.1 Å². The summed E-state index contributed by atoms with van der Waals surface area (Å²) >= 11 is 5.90. The molecular formula is C14H10ClFO3. The maximum Gasteiger partial charge on any atom is 0.335 e. The molecule has 0 bridgehead atoms. The van der Waals surface area contributed by atoms with Crippen molar-refractivity contribution in [2.75, 3.05) is 0 Å². The summed E-state index contributed by atoms with van der Waals surface area (Å²) in [6.07, 6.45) is 0. The number of carboxylic acids is 1. The Balaban J connectivity index is 2.06. The Bertz CT molecular complexity index is 596. The van der Waals surface area contributed by atoms with E-state index in [4.69, 9.17) is 21.4 Å². The minimum atomic E-state index is -1.00. The van der Waals surface area contributed by atoms with E-state index in [1.165, 1.54) is 42.5 Å². The van der Waals surface area contributed by atoms with E-state index in [0.29, 0.717) is 16.3 Å². The van der Waals surface area contributed by atoms with Gasteiger partial charge in [0, 0.05) is 10.6 Å². The van der Waals surface area contributed by atoms with Gasteiger partial charge in [-0.3, -0.25) is 0 Å². The third-order valence-electron chi connectivity index (χ3n) is 2.50. The highest BCUT2D eigenvalue weighted by atomic mass is 35.5. The molecular weight excluding hydrogens is 271 g/mol. The van der Waals surface area contributed by atoms with Gasteiger partial charge in [-0.2, -0.15) is 0 Å². The lowest BCUT2D eigenvalue weighted by atomic mass is 10.2. The average molecular weight is 281 g/mol. The smallest absolute Gasteiger partial charge is 0.335 e. The monoisotopic (exact) mass is 280 g/mol. The standard InChI is InChI=1S/C14H10ClFO3/c15-13-6-3-11(16)7-10(13)8-19-12-4-1-9(2-5-12)14(17)18/h1-7H,8H2,(H,17,18). The molecule has 2 aromatic rings. The lowest BCUT2D eigenvalue weighted by Crippen LogP contribution is -1.99. The van der Waals surface area contributed by atoms with Crippen LogP contribution in [0.25, 0.3) is 0 Å². The van der Waals surface area contributed by atoms with Gasteiger partial charge in [0.25, 0.3) is 0 Å². The van der Waals surface area contributed by atoms with E-state index in [9.17, 15) is 9.18 Å². The molecule has 0 aliphatic rings. The molecule has 2 rings (SSSR count). The molecule has 0 radical (unpaired) electrons. The van der Waals surface area contributed by atoms with E-state index in [1.807, 2.05) is 0 Å². The molecule has 2 aromatic carbocycles. The van der Waals surface area contributed by atoms with Crippen LogP contribution in [0.1, 0.15) is 15.9 Å². The van der Waals surface area contributed by atoms with Gasteiger partial charge in [0.15, 0.2) is 0 Å². The number of halogens is 2. The molecule has 0 fully saturated rings. The van der Waals surface area contributed by atoms with Crippen LogP contribution in [0.15, 0.2) is 42.5 Å². The highest BCUT2D eigenvalue weighted by Gasteiger charge is 2.05. The predicted molar refractivity (Wildman–Crippen MR) is 69.1 cm³/mol. The van der Waals surface area contributed by atoms with Crippen molar-refractivity contribution in [1.82, 2.24) is 0 Å². The molecule has 19 heavy (non-hydrogen) atoms. The van der Waals surface area contributed by atoms with Crippen LogP contribution in [0.5, 0.6) is 5.75 Å². The van der Waals surface area contributed by atoms with Crippen molar-refractivity contribution < 1.29 is 19.0 Å². The van der Waals surface area contributed by atoms with E-state index >= 15 is 0 Å². The van der Waals surface area contributed by atoms with Crippen molar-refractivity contribution in [2.24, 2.45) is 0 Å². The predicted octanol–water partition coefficient (Wildman–Crippen LogP) is 3.76. The Morgan fingerprint density at radius 1 is 1.21 bits per heavy atom. The molecule has 0 aliphatic carbocycles. The fraction of sp³-hybridized carbons (Fsp3) is 0.0714. The average Bonchev–Trinajstić information content (AvgIpc) is 2.40. The van der Waals surface area contributed by atoms with Crippen LogP contribution >= 0.6 is 11.6 Å². The van der Waals surface area contributed by atoms with Crippen LogP contribution in [0.2, 0.25) is 5.02 Å². The normalized spacial score (nSPS) is 10.2. The van der Waals surface area contributed by atoms with Crippen LogP contribution in [0, 0.1) is 5.82 Å². The van der Waals surface area contributed by atoms with E-state index in [2.05, 4.69) is 0 Å². The molecule has 0 amide bonds. The van der Waals surface area contributed by atoms with Crippen LogP contribution in [0.3, 0.4) is 0 Å². The van der Waals surface area contributed by atoms with Gasteiger partial charge < -0.3 is 9.84 Å². The molecule has 0 spiro atoms. The molecule has 3 nitrogen and oxygen atoms in total. The number of hydrogen-bond donors (Lipinski definition) is 1. The second kappa shape index (κ2) is 5.71. The largest absolute Gasteiger partial charge is 0.489 e. The van der Waals surface area contributed by atoms with E-state index in [-0.39, 0.29) is 18.0 Å². The SMILES string of the molecule is O=C(O)c1ccc(OCc2cc(F)ccc2Cl)cc1. The summed E-state index contributed by atoms with van der Waals surface area (Å²) in [4.78, 5) is 10.7. The van der Waals surface area contributed by atoms with Gasteiger partial charge in [0.2, 0.25) is 0 Å². The highest BCUT2D eigenvalue weighted by molar-refractivity contribution is 6.31. The zero-order chi connectivity index (χ0) is 13.8. The summed E-state index contributed by atoms with van der Waals surface area (Å²) in [5.74, 6) is -0.894. The summed E-state index contributed by atoms with van der Waals surface area (Å²) in [6, 6.07) is 9.98. The maximum atomic E-state index is 13.0. The fourth-order valence-corrected chi connectivity index (χ4v) is 1.68. The Labute approximate surface area is 114 Å². The molecule has 0 aromatic heterocycles. The first-order valence-corrected chi connectivity index (χ1v) is 5.84. The fourth-order valence-electron chi connectivity index (χ4n) is 1.51. The molecule has 1 N–H and O–H groups in total. The van der Waals surface area contributed by atoms with Gasteiger partial charge in [0.05, 0.1) is 5.56 Å². The highest BCUT2D eigenvalue weighted by Crippen LogP contribution is 2.20. The summed E-state index contributed by atoms with van der Waals surface area (Å²) < 4.78 is 18.5. The van der Waals surface area contributed by atoms with E-state index < -0.39 is 5.97 Å². The van der Waals surface area contributed by atoms with Crippen LogP contribution in [0.4, 0.5) is 4.39 Å². The zero-order valence-electron chi connectivity index (χ0n) is 9.77. The number of hydrogen-bond acceptors (Lipinski definition) is 2. The van der Waals surface area contributed by atoms with Crippen molar-refractivity contribution in [3.63, 3.8) is 0 Å². The summed E-state index contributed by atoms with van der Waals surface area (Å²) in [6.45, 7) is 0.114. The number of ether oxygens (including phenoxy) is 1. The van der Waals surface area contributed by atoms with Crippen LogP contribution in [-0.2, 0) is 6.61 Å². The van der Waals surface area contributed by atoms with Gasteiger partial charge in [-0.25, -0.2) is 9.18 Å². The second-order valence-corrected chi connectivity index (χ2v) is 4.26. The van der Waals surface area contributed by atoms with Crippen molar-refractivity contribution in [3.05, 3.63) is 64.4 Å². The Hall–Kier alpha value is -2.07. The van der Waals surface area contributed by atoms with Gasteiger partial charge in [0.1, 0.15) is 18.2 Å². The molecule has 98 valence electrons. The summed E-state index contributed by atoms with van der Waals surface area (Å²) in [5, 5.41) is 9.17. The van der Waals surface area contributed by atoms with E-state index in [1.54, 1.807) is 0 Å². The van der Waals surface area contributed by atoms with Crippen molar-refractivity contribution in [3.8, 4) is 5.75 Å². The van der Waals surface area contributed by atoms with Crippen molar-refractivity contribution in [1.29, 1.82) is 0 Å². The first kappa shape index (κ1) is 13.4. The van der Waals surface area contributed by atoms with E-state index in [0.717, 1.165) is 0 Å². The van der Waals surface area contributed by atoms with Gasteiger partial charge in [-0.15, -0.1) is 0 Å². The topological polar surface area (TPSA) is 46.5 Å². The molecule has 5 heteroatoms. The number of benzene rings is 2. The molecule has 0 saturated heterocycles. The minimum Gasteiger partial charge on any atom is -0.489 e. The molecule has 0 atom stereocenters. The Morgan fingerprint density at radius 2 is 1.89 bits per heavy atom. The zero-order valence-corrected chi connectivity index (χ0v) is 10.5. The third-order valence-corrected chi connectivity index (χ3v) is 2.87. The second-order valence-electron chi connectivity index (χ2n) is 3.85. The quantitative estimate of drug-likeness (QED) is 0.927. The summed E-state index contributed by atoms with van der Waals surface area (Å²) in [5.41, 5.74) is 0.708. The molecule has 0 heterocycles.